The van der Waals surface area contributed by atoms with Gasteiger partial charge < -0.3 is 20.5 Å². The van der Waals surface area contributed by atoms with Gasteiger partial charge in [0.1, 0.15) is 29.2 Å². The number of carbonyl (C=O) groups excluding carboxylic acids is 1. The van der Waals surface area contributed by atoms with E-state index in [1.807, 2.05) is 24.3 Å². The summed E-state index contributed by atoms with van der Waals surface area (Å²) in [6, 6.07) is 7.75. The fourth-order valence-electron chi connectivity index (χ4n) is 3.43. The van der Waals surface area contributed by atoms with E-state index in [2.05, 4.69) is 10.3 Å². The minimum absolute atomic E-state index is 0.00871. The summed E-state index contributed by atoms with van der Waals surface area (Å²) in [4.78, 5) is 15.7. The lowest BCUT2D eigenvalue weighted by atomic mass is 10.1. The molecule has 0 radical (unpaired) electrons. The minimum Gasteiger partial charge on any atom is -0.488 e. The minimum atomic E-state index is -0.00871. The summed E-state index contributed by atoms with van der Waals surface area (Å²) in [5.74, 6) is 3.25. The summed E-state index contributed by atoms with van der Waals surface area (Å²) in [5, 5.41) is 2.78. The summed E-state index contributed by atoms with van der Waals surface area (Å²) in [7, 11) is 0. The van der Waals surface area contributed by atoms with Crippen LogP contribution in [0.3, 0.4) is 0 Å². The first-order chi connectivity index (χ1) is 11.2. The number of amides is 1. The van der Waals surface area contributed by atoms with Gasteiger partial charge in [0.2, 0.25) is 5.91 Å². The quantitative estimate of drug-likeness (QED) is 0.885. The van der Waals surface area contributed by atoms with E-state index in [0.29, 0.717) is 24.6 Å². The molecule has 116 valence electrons. The molecule has 3 N–H and O–H groups in total. The predicted molar refractivity (Wildman–Crippen MR) is 82.8 cm³/mol. The zero-order valence-corrected chi connectivity index (χ0v) is 12.3. The standard InChI is InChI=1S/C17H15N3O3/c18-15-14-10-7-8(1-3-11(10)23-16(14)15)22-12-5-6-19-17-9(12)2-4-13(21)20-17/h1,3,5-7,14-16H,2,4,18H2,(H,19,20,21)/t14-,15+,16-/m0/s1. The molecule has 1 aliphatic carbocycles. The van der Waals surface area contributed by atoms with E-state index < -0.39 is 0 Å². The highest BCUT2D eigenvalue weighted by atomic mass is 16.5. The number of anilines is 1. The molecule has 0 saturated heterocycles. The molecule has 0 bridgehead atoms. The smallest absolute Gasteiger partial charge is 0.225 e. The van der Waals surface area contributed by atoms with Gasteiger partial charge in [0.15, 0.2) is 0 Å². The molecular weight excluding hydrogens is 294 g/mol. The Bertz CT molecular complexity index is 836. The lowest BCUT2D eigenvalue weighted by Gasteiger charge is -2.19. The number of benzene rings is 1. The van der Waals surface area contributed by atoms with Crippen molar-refractivity contribution in [2.75, 3.05) is 5.32 Å². The highest BCUT2D eigenvalue weighted by Crippen LogP contribution is 2.53. The van der Waals surface area contributed by atoms with Crippen LogP contribution in [-0.2, 0) is 11.2 Å². The number of ether oxygens (including phenoxy) is 2. The van der Waals surface area contributed by atoms with E-state index in [1.54, 1.807) is 6.20 Å². The third-order valence-electron chi connectivity index (χ3n) is 4.71. The molecule has 6 heteroatoms. The van der Waals surface area contributed by atoms with Gasteiger partial charge >= 0.3 is 0 Å². The lowest BCUT2D eigenvalue weighted by Crippen LogP contribution is -2.20. The van der Waals surface area contributed by atoms with Gasteiger partial charge in [-0.2, -0.15) is 0 Å². The topological polar surface area (TPSA) is 86.5 Å². The maximum absolute atomic E-state index is 11.5. The molecule has 1 aromatic carbocycles. The monoisotopic (exact) mass is 309 g/mol. The third kappa shape index (κ3) is 1.91. The summed E-state index contributed by atoms with van der Waals surface area (Å²) in [6.45, 7) is 0. The zero-order chi connectivity index (χ0) is 15.6. The molecule has 1 amide bonds. The van der Waals surface area contributed by atoms with Gasteiger partial charge in [-0.25, -0.2) is 4.98 Å². The van der Waals surface area contributed by atoms with Crippen molar-refractivity contribution in [3.8, 4) is 17.2 Å². The van der Waals surface area contributed by atoms with E-state index in [-0.39, 0.29) is 18.1 Å². The lowest BCUT2D eigenvalue weighted by molar-refractivity contribution is -0.116. The predicted octanol–water partition coefficient (Wildman–Crippen LogP) is 1.94. The molecule has 1 aromatic heterocycles. The molecule has 1 fully saturated rings. The second-order valence-corrected chi connectivity index (χ2v) is 6.17. The Kier molecular flexibility index (Phi) is 2.50. The number of hydrogen-bond donors (Lipinski definition) is 2. The maximum Gasteiger partial charge on any atom is 0.225 e. The van der Waals surface area contributed by atoms with E-state index in [1.165, 1.54) is 0 Å². The van der Waals surface area contributed by atoms with Crippen LogP contribution in [0.5, 0.6) is 17.2 Å². The highest BCUT2D eigenvalue weighted by Gasteiger charge is 2.56. The van der Waals surface area contributed by atoms with Crippen molar-refractivity contribution in [2.24, 2.45) is 5.73 Å². The van der Waals surface area contributed by atoms with Crippen LogP contribution in [0.15, 0.2) is 30.5 Å². The van der Waals surface area contributed by atoms with Crippen LogP contribution < -0.4 is 20.5 Å². The van der Waals surface area contributed by atoms with Gasteiger partial charge in [0.05, 0.1) is 6.04 Å². The van der Waals surface area contributed by atoms with Gasteiger partial charge in [-0.3, -0.25) is 4.79 Å². The van der Waals surface area contributed by atoms with Crippen LogP contribution in [0.4, 0.5) is 5.82 Å². The molecular formula is C17H15N3O3. The van der Waals surface area contributed by atoms with Gasteiger partial charge in [-0.15, -0.1) is 0 Å². The largest absolute Gasteiger partial charge is 0.488 e. The average Bonchev–Trinajstić information content (AvgIpc) is 3.02. The Hall–Kier alpha value is -2.60. The van der Waals surface area contributed by atoms with E-state index in [0.717, 1.165) is 28.4 Å². The molecule has 3 heterocycles. The molecule has 2 aliphatic heterocycles. The molecule has 23 heavy (non-hydrogen) atoms. The highest BCUT2D eigenvalue weighted by molar-refractivity contribution is 5.93. The van der Waals surface area contributed by atoms with Crippen molar-refractivity contribution in [3.63, 3.8) is 0 Å². The van der Waals surface area contributed by atoms with Crippen molar-refractivity contribution in [1.82, 2.24) is 4.98 Å². The molecule has 1 saturated carbocycles. The van der Waals surface area contributed by atoms with Gasteiger partial charge in [0.25, 0.3) is 0 Å². The molecule has 2 aromatic rings. The normalized spacial score (nSPS) is 26.5. The second kappa shape index (κ2) is 4.45. The van der Waals surface area contributed by atoms with Crippen LogP contribution in [0.2, 0.25) is 0 Å². The van der Waals surface area contributed by atoms with Crippen LogP contribution in [0.25, 0.3) is 0 Å². The number of rotatable bonds is 2. The summed E-state index contributed by atoms with van der Waals surface area (Å²) in [5.41, 5.74) is 8.04. The van der Waals surface area contributed by atoms with E-state index >= 15 is 0 Å². The van der Waals surface area contributed by atoms with Crippen molar-refractivity contribution in [3.05, 3.63) is 41.6 Å². The number of nitrogens with one attached hydrogen (secondary N) is 1. The van der Waals surface area contributed by atoms with Crippen molar-refractivity contribution in [1.29, 1.82) is 0 Å². The number of nitrogens with zero attached hydrogens (tertiary/aromatic N) is 1. The van der Waals surface area contributed by atoms with Crippen LogP contribution in [0, 0.1) is 0 Å². The maximum atomic E-state index is 11.5. The Morgan fingerprint density at radius 1 is 1.30 bits per heavy atom. The Morgan fingerprint density at radius 3 is 3.13 bits per heavy atom. The molecule has 3 atom stereocenters. The summed E-state index contributed by atoms with van der Waals surface area (Å²) >= 11 is 0. The van der Waals surface area contributed by atoms with Crippen molar-refractivity contribution < 1.29 is 14.3 Å². The first-order valence-corrected chi connectivity index (χ1v) is 7.72. The van der Waals surface area contributed by atoms with Crippen molar-refractivity contribution >= 4 is 11.7 Å². The second-order valence-electron chi connectivity index (χ2n) is 6.17. The molecule has 0 spiro atoms. The SMILES string of the molecule is N[C@H]1[C@H]2Oc3ccc(Oc4ccnc5c4CCC(=O)N5)cc3[C@@H]12. The summed E-state index contributed by atoms with van der Waals surface area (Å²) < 4.78 is 11.8. The van der Waals surface area contributed by atoms with Gasteiger partial charge in [-0.05, 0) is 30.7 Å². The number of nitrogens with two attached hydrogens (primary N) is 1. The van der Waals surface area contributed by atoms with Gasteiger partial charge in [-0.1, -0.05) is 0 Å². The van der Waals surface area contributed by atoms with E-state index in [9.17, 15) is 4.79 Å². The molecule has 3 aliphatic rings. The number of carbonyl (C=O) groups is 1. The first-order valence-electron chi connectivity index (χ1n) is 7.72. The average molecular weight is 309 g/mol. The number of pyridine rings is 1. The molecule has 0 unspecified atom stereocenters. The van der Waals surface area contributed by atoms with Crippen LogP contribution in [-0.4, -0.2) is 23.0 Å². The van der Waals surface area contributed by atoms with E-state index in [4.69, 9.17) is 15.2 Å². The van der Waals surface area contributed by atoms with Crippen LogP contribution in [0.1, 0.15) is 23.5 Å². The molecule has 5 rings (SSSR count). The number of aromatic nitrogens is 1. The van der Waals surface area contributed by atoms with Crippen LogP contribution >= 0.6 is 0 Å². The third-order valence-corrected chi connectivity index (χ3v) is 4.71. The Morgan fingerprint density at radius 2 is 2.22 bits per heavy atom. The number of fused-ring (bicyclic) bond motifs is 4. The number of hydrogen-bond acceptors (Lipinski definition) is 5. The fraction of sp³-hybridized carbons (Fsp3) is 0.294. The summed E-state index contributed by atoms with van der Waals surface area (Å²) in [6.07, 6.45) is 2.85. The zero-order valence-electron chi connectivity index (χ0n) is 12.3. The van der Waals surface area contributed by atoms with Gasteiger partial charge in [0, 0.05) is 29.7 Å². The fourth-order valence-corrected chi connectivity index (χ4v) is 3.43. The molecule has 6 nitrogen and oxygen atoms in total. The first kappa shape index (κ1) is 12.9. The van der Waals surface area contributed by atoms with Crippen molar-refractivity contribution in [2.45, 2.75) is 30.9 Å². The Balaban J connectivity index is 1.47. The Labute approximate surface area is 132 Å².